The SMILES string of the molecule is COC(=O)[C@@]1(C)CCN([C@H]2O[C@H]([C@H]3COC(C)(C)O3)[C@@H]3OC(C)(C)O[C@@H]32)O1. The summed E-state index contributed by atoms with van der Waals surface area (Å²) < 4.78 is 35.1. The monoisotopic (exact) mass is 387 g/mol. The third-order valence-electron chi connectivity index (χ3n) is 5.49. The summed E-state index contributed by atoms with van der Waals surface area (Å²) in [6, 6.07) is 0. The van der Waals surface area contributed by atoms with E-state index in [2.05, 4.69) is 0 Å². The molecule has 0 unspecified atom stereocenters. The smallest absolute Gasteiger partial charge is 0.340 e. The number of fused-ring (bicyclic) bond motifs is 1. The second-order valence-electron chi connectivity index (χ2n) is 8.63. The van der Waals surface area contributed by atoms with Gasteiger partial charge in [0.2, 0.25) is 0 Å². The minimum atomic E-state index is -1.03. The van der Waals surface area contributed by atoms with Gasteiger partial charge in [-0.05, 0) is 34.6 Å². The fourth-order valence-electron chi connectivity index (χ4n) is 4.22. The molecule has 0 bridgehead atoms. The van der Waals surface area contributed by atoms with Gasteiger partial charge >= 0.3 is 5.97 Å². The van der Waals surface area contributed by atoms with Crippen LogP contribution in [0.3, 0.4) is 0 Å². The molecule has 0 aromatic heterocycles. The summed E-state index contributed by atoms with van der Waals surface area (Å²) in [6.45, 7) is 10.1. The highest BCUT2D eigenvalue weighted by Crippen LogP contribution is 2.44. The van der Waals surface area contributed by atoms with E-state index in [9.17, 15) is 4.79 Å². The molecule has 0 amide bonds. The highest BCUT2D eigenvalue weighted by molar-refractivity contribution is 5.79. The number of hydrogen-bond donors (Lipinski definition) is 0. The predicted molar refractivity (Wildman–Crippen MR) is 90.2 cm³/mol. The Morgan fingerprint density at radius 3 is 2.33 bits per heavy atom. The molecule has 6 atom stereocenters. The summed E-state index contributed by atoms with van der Waals surface area (Å²) in [6.07, 6.45) is -1.33. The van der Waals surface area contributed by atoms with E-state index >= 15 is 0 Å². The van der Waals surface area contributed by atoms with Crippen LogP contribution >= 0.6 is 0 Å². The summed E-state index contributed by atoms with van der Waals surface area (Å²) in [5.41, 5.74) is -1.03. The molecular weight excluding hydrogens is 358 g/mol. The van der Waals surface area contributed by atoms with E-state index in [0.29, 0.717) is 19.6 Å². The van der Waals surface area contributed by atoms with E-state index < -0.39 is 29.4 Å². The van der Waals surface area contributed by atoms with Crippen molar-refractivity contribution < 1.29 is 38.1 Å². The van der Waals surface area contributed by atoms with Crippen molar-refractivity contribution in [2.45, 2.75) is 88.9 Å². The Morgan fingerprint density at radius 2 is 1.70 bits per heavy atom. The number of esters is 1. The summed E-state index contributed by atoms with van der Waals surface area (Å²) in [5.74, 6) is -1.81. The molecule has 0 spiro atoms. The maximum Gasteiger partial charge on any atom is 0.340 e. The molecule has 4 fully saturated rings. The number of ether oxygens (including phenoxy) is 6. The van der Waals surface area contributed by atoms with Gasteiger partial charge in [-0.25, -0.2) is 4.79 Å². The lowest BCUT2D eigenvalue weighted by molar-refractivity contribution is -0.294. The first-order valence-electron chi connectivity index (χ1n) is 9.41. The van der Waals surface area contributed by atoms with Crippen molar-refractivity contribution in [2.24, 2.45) is 0 Å². The summed E-state index contributed by atoms with van der Waals surface area (Å²) in [5, 5.41) is 1.67. The molecule has 9 heteroatoms. The number of rotatable bonds is 3. The van der Waals surface area contributed by atoms with Gasteiger partial charge in [-0.3, -0.25) is 4.84 Å². The van der Waals surface area contributed by atoms with Gasteiger partial charge in [-0.15, -0.1) is 0 Å². The third kappa shape index (κ3) is 3.39. The maximum atomic E-state index is 12.1. The zero-order chi connectivity index (χ0) is 19.6. The third-order valence-corrected chi connectivity index (χ3v) is 5.49. The maximum absolute atomic E-state index is 12.1. The number of hydrogen-bond acceptors (Lipinski definition) is 9. The van der Waals surface area contributed by atoms with Crippen molar-refractivity contribution >= 4 is 5.97 Å². The van der Waals surface area contributed by atoms with E-state index in [-0.39, 0.29) is 24.4 Å². The fraction of sp³-hybridized carbons (Fsp3) is 0.944. The number of methoxy groups -OCH3 is 1. The molecule has 0 aliphatic carbocycles. The van der Waals surface area contributed by atoms with Gasteiger partial charge in [0.05, 0.1) is 13.7 Å². The lowest BCUT2D eigenvalue weighted by Crippen LogP contribution is -2.45. The average Bonchev–Trinajstić information content (AvgIpc) is 3.29. The molecule has 0 aromatic carbocycles. The number of carbonyl (C=O) groups is 1. The molecular formula is C18H29NO8. The topological polar surface area (TPSA) is 84.9 Å². The van der Waals surface area contributed by atoms with Gasteiger partial charge in [-0.1, -0.05) is 0 Å². The van der Waals surface area contributed by atoms with Crippen LogP contribution in [-0.4, -0.2) is 79.1 Å². The van der Waals surface area contributed by atoms with Crippen molar-refractivity contribution in [3.63, 3.8) is 0 Å². The van der Waals surface area contributed by atoms with Gasteiger partial charge < -0.3 is 28.4 Å². The van der Waals surface area contributed by atoms with E-state index in [1.54, 1.807) is 12.0 Å². The van der Waals surface area contributed by atoms with Crippen LogP contribution in [0.15, 0.2) is 0 Å². The van der Waals surface area contributed by atoms with Crippen LogP contribution in [-0.2, 0) is 38.1 Å². The predicted octanol–water partition coefficient (Wildman–Crippen LogP) is 0.952. The second-order valence-corrected chi connectivity index (χ2v) is 8.63. The molecule has 4 aliphatic heterocycles. The Bertz CT molecular complexity index is 610. The van der Waals surface area contributed by atoms with Crippen LogP contribution in [0.25, 0.3) is 0 Å². The van der Waals surface area contributed by atoms with Crippen LogP contribution < -0.4 is 0 Å². The van der Waals surface area contributed by atoms with E-state index in [4.69, 9.17) is 33.3 Å². The highest BCUT2D eigenvalue weighted by Gasteiger charge is 2.62. The number of nitrogens with zero attached hydrogens (tertiary/aromatic N) is 1. The molecule has 4 saturated heterocycles. The Morgan fingerprint density at radius 1 is 1.00 bits per heavy atom. The molecule has 4 rings (SSSR count). The first-order chi connectivity index (χ1) is 12.5. The minimum Gasteiger partial charge on any atom is -0.467 e. The molecule has 0 radical (unpaired) electrons. The van der Waals surface area contributed by atoms with E-state index in [1.165, 1.54) is 7.11 Å². The zero-order valence-corrected chi connectivity index (χ0v) is 16.7. The van der Waals surface area contributed by atoms with Crippen molar-refractivity contribution in [3.8, 4) is 0 Å². The molecule has 9 nitrogen and oxygen atoms in total. The van der Waals surface area contributed by atoms with Gasteiger partial charge in [0.1, 0.15) is 24.4 Å². The molecule has 0 saturated carbocycles. The number of carbonyl (C=O) groups excluding carboxylic acids is 1. The van der Waals surface area contributed by atoms with Gasteiger partial charge in [-0.2, -0.15) is 5.06 Å². The fourth-order valence-corrected chi connectivity index (χ4v) is 4.22. The summed E-state index contributed by atoms with van der Waals surface area (Å²) in [4.78, 5) is 18.0. The highest BCUT2D eigenvalue weighted by atomic mass is 16.8. The minimum absolute atomic E-state index is 0.274. The van der Waals surface area contributed by atoms with Crippen LogP contribution in [0, 0.1) is 0 Å². The van der Waals surface area contributed by atoms with Crippen LogP contribution in [0.5, 0.6) is 0 Å². The second kappa shape index (κ2) is 6.35. The summed E-state index contributed by atoms with van der Waals surface area (Å²) in [7, 11) is 1.35. The molecule has 4 heterocycles. The van der Waals surface area contributed by atoms with Crippen LogP contribution in [0.1, 0.15) is 41.0 Å². The van der Waals surface area contributed by atoms with Gasteiger partial charge in [0.25, 0.3) is 0 Å². The Kier molecular flexibility index (Phi) is 4.59. The van der Waals surface area contributed by atoms with Gasteiger partial charge in [0.15, 0.2) is 23.4 Å². The molecule has 154 valence electrons. The Balaban J connectivity index is 1.53. The normalized spacial score (nSPS) is 45.9. The van der Waals surface area contributed by atoms with Crippen LogP contribution in [0.2, 0.25) is 0 Å². The molecule has 0 N–H and O–H groups in total. The van der Waals surface area contributed by atoms with Crippen molar-refractivity contribution in [1.29, 1.82) is 0 Å². The average molecular weight is 387 g/mol. The van der Waals surface area contributed by atoms with Crippen molar-refractivity contribution in [3.05, 3.63) is 0 Å². The lowest BCUT2D eigenvalue weighted by atomic mass is 10.0. The molecule has 4 aliphatic rings. The summed E-state index contributed by atoms with van der Waals surface area (Å²) >= 11 is 0. The first kappa shape index (κ1) is 19.5. The largest absolute Gasteiger partial charge is 0.467 e. The quantitative estimate of drug-likeness (QED) is 0.657. The molecule has 27 heavy (non-hydrogen) atoms. The van der Waals surface area contributed by atoms with Crippen LogP contribution in [0.4, 0.5) is 0 Å². The standard InChI is InChI=1S/C18H29NO8/c1-16(2)22-9-10(24-16)11-12-13(26-17(3,4)25-12)14(23-11)19-8-7-18(5,27-19)15(20)21-6/h10-14H,7-9H2,1-6H3/t10-,11-,12+,13+,14+,18-/m1/s1. The number of hydroxylamine groups is 2. The molecule has 0 aromatic rings. The van der Waals surface area contributed by atoms with E-state index in [1.807, 2.05) is 27.7 Å². The Hall–Kier alpha value is -0.810. The van der Waals surface area contributed by atoms with Crippen molar-refractivity contribution in [2.75, 3.05) is 20.3 Å². The van der Waals surface area contributed by atoms with Gasteiger partial charge in [0, 0.05) is 13.0 Å². The zero-order valence-electron chi connectivity index (χ0n) is 16.7. The van der Waals surface area contributed by atoms with Crippen molar-refractivity contribution in [1.82, 2.24) is 5.06 Å². The first-order valence-corrected chi connectivity index (χ1v) is 9.41. The Labute approximate surface area is 159 Å². The lowest BCUT2D eigenvalue weighted by Gasteiger charge is -2.30. The van der Waals surface area contributed by atoms with E-state index in [0.717, 1.165) is 0 Å².